The van der Waals surface area contributed by atoms with E-state index < -0.39 is 0 Å². The van der Waals surface area contributed by atoms with Gasteiger partial charge >= 0.3 is 0 Å². The van der Waals surface area contributed by atoms with Gasteiger partial charge in [-0.1, -0.05) is 12.1 Å². The van der Waals surface area contributed by atoms with Crippen LogP contribution in [0.2, 0.25) is 0 Å². The quantitative estimate of drug-likeness (QED) is 0.800. The Morgan fingerprint density at radius 2 is 1.71 bits per heavy atom. The highest BCUT2D eigenvalue weighted by Crippen LogP contribution is 2.05. The first-order valence-corrected chi connectivity index (χ1v) is 5.16. The smallest absolute Gasteiger partial charge is 0.251 e. The Bertz CT molecular complexity index is 390. The highest BCUT2D eigenvalue weighted by atomic mass is 35.5. The SMILES string of the molecule is CC(=O)c1ccc(C(=O)N[C@@H](C)CN)cc1.Cl. The van der Waals surface area contributed by atoms with Crippen LogP contribution in [0.25, 0.3) is 0 Å². The summed E-state index contributed by atoms with van der Waals surface area (Å²) in [6.45, 7) is 3.73. The number of rotatable bonds is 4. The number of nitrogens with one attached hydrogen (secondary N) is 1. The zero-order valence-corrected chi connectivity index (χ0v) is 10.7. The fourth-order valence-corrected chi connectivity index (χ4v) is 1.22. The number of hydrogen-bond donors (Lipinski definition) is 2. The second kappa shape index (κ2) is 7.04. The summed E-state index contributed by atoms with van der Waals surface area (Å²) in [6.07, 6.45) is 0. The lowest BCUT2D eigenvalue weighted by Crippen LogP contribution is -2.37. The highest BCUT2D eigenvalue weighted by molar-refractivity contribution is 5.97. The van der Waals surface area contributed by atoms with Crippen LogP contribution in [0.15, 0.2) is 24.3 Å². The molecule has 0 saturated carbocycles. The number of benzene rings is 1. The third-order valence-corrected chi connectivity index (χ3v) is 2.28. The van der Waals surface area contributed by atoms with Crippen molar-refractivity contribution in [1.82, 2.24) is 5.32 Å². The summed E-state index contributed by atoms with van der Waals surface area (Å²) < 4.78 is 0. The molecule has 0 heterocycles. The summed E-state index contributed by atoms with van der Waals surface area (Å²) in [4.78, 5) is 22.7. The van der Waals surface area contributed by atoms with Crippen LogP contribution >= 0.6 is 12.4 Å². The van der Waals surface area contributed by atoms with Gasteiger partial charge in [-0.3, -0.25) is 9.59 Å². The normalized spacial score (nSPS) is 11.2. The number of amides is 1. The summed E-state index contributed by atoms with van der Waals surface area (Å²) in [5, 5.41) is 2.75. The molecule has 0 saturated heterocycles. The molecule has 0 unspecified atom stereocenters. The second-order valence-corrected chi connectivity index (χ2v) is 3.74. The Hall–Kier alpha value is -1.39. The lowest BCUT2D eigenvalue weighted by Gasteiger charge is -2.11. The van der Waals surface area contributed by atoms with Crippen molar-refractivity contribution in [2.45, 2.75) is 19.9 Å². The van der Waals surface area contributed by atoms with Gasteiger partial charge in [-0.15, -0.1) is 12.4 Å². The van der Waals surface area contributed by atoms with Crippen LogP contribution in [0.3, 0.4) is 0 Å². The fourth-order valence-electron chi connectivity index (χ4n) is 1.22. The van der Waals surface area contributed by atoms with Crippen LogP contribution < -0.4 is 11.1 Å². The maximum absolute atomic E-state index is 11.6. The van der Waals surface area contributed by atoms with Crippen molar-refractivity contribution in [1.29, 1.82) is 0 Å². The first-order chi connectivity index (χ1) is 7.54. The predicted molar refractivity (Wildman–Crippen MR) is 69.7 cm³/mol. The molecule has 4 nitrogen and oxygen atoms in total. The van der Waals surface area contributed by atoms with Crippen molar-refractivity contribution in [2.24, 2.45) is 5.73 Å². The molecule has 0 aliphatic heterocycles. The Morgan fingerprint density at radius 1 is 1.24 bits per heavy atom. The molecule has 94 valence electrons. The molecular weight excluding hydrogens is 240 g/mol. The van der Waals surface area contributed by atoms with Gasteiger partial charge in [-0.25, -0.2) is 0 Å². The average Bonchev–Trinajstić information content (AvgIpc) is 2.28. The maximum Gasteiger partial charge on any atom is 0.251 e. The van der Waals surface area contributed by atoms with Crippen LogP contribution in [-0.4, -0.2) is 24.3 Å². The van der Waals surface area contributed by atoms with E-state index in [1.54, 1.807) is 24.3 Å². The van der Waals surface area contributed by atoms with Gasteiger partial charge in [-0.2, -0.15) is 0 Å². The molecule has 0 aliphatic rings. The molecule has 17 heavy (non-hydrogen) atoms. The third kappa shape index (κ3) is 4.54. The van der Waals surface area contributed by atoms with E-state index >= 15 is 0 Å². The number of carbonyl (C=O) groups excluding carboxylic acids is 2. The zero-order chi connectivity index (χ0) is 12.1. The fraction of sp³-hybridized carbons (Fsp3) is 0.333. The molecule has 0 aromatic heterocycles. The Balaban J connectivity index is 0.00000256. The minimum atomic E-state index is -0.173. The molecular formula is C12H17ClN2O2. The van der Waals surface area contributed by atoms with E-state index in [-0.39, 0.29) is 30.1 Å². The standard InChI is InChI=1S/C12H16N2O2.ClH/c1-8(7-13)14-12(16)11-5-3-10(4-6-11)9(2)15;/h3-6,8H,7,13H2,1-2H3,(H,14,16);1H/t8-;/m0./s1. The molecule has 3 N–H and O–H groups in total. The number of hydrogen-bond acceptors (Lipinski definition) is 3. The van der Waals surface area contributed by atoms with Crippen molar-refractivity contribution < 1.29 is 9.59 Å². The Kier molecular flexibility index (Phi) is 6.46. The van der Waals surface area contributed by atoms with Crippen LogP contribution in [-0.2, 0) is 0 Å². The summed E-state index contributed by atoms with van der Waals surface area (Å²) >= 11 is 0. The molecule has 1 amide bonds. The van der Waals surface area contributed by atoms with Gasteiger partial charge in [0.25, 0.3) is 5.91 Å². The number of Topliss-reactive ketones (excluding diaryl/α,β-unsaturated/α-hetero) is 1. The molecule has 1 rings (SSSR count). The lowest BCUT2D eigenvalue weighted by atomic mass is 10.1. The molecule has 5 heteroatoms. The van der Waals surface area contributed by atoms with Crippen molar-refractivity contribution in [3.05, 3.63) is 35.4 Å². The van der Waals surface area contributed by atoms with Gasteiger partial charge in [-0.05, 0) is 26.0 Å². The lowest BCUT2D eigenvalue weighted by molar-refractivity contribution is 0.0939. The minimum absolute atomic E-state index is 0. The van der Waals surface area contributed by atoms with Crippen LogP contribution in [0.5, 0.6) is 0 Å². The maximum atomic E-state index is 11.6. The van der Waals surface area contributed by atoms with E-state index in [1.165, 1.54) is 6.92 Å². The largest absolute Gasteiger partial charge is 0.348 e. The highest BCUT2D eigenvalue weighted by Gasteiger charge is 2.08. The Morgan fingerprint density at radius 3 is 2.12 bits per heavy atom. The number of halogens is 1. The van der Waals surface area contributed by atoms with Crippen molar-refractivity contribution in [3.63, 3.8) is 0 Å². The van der Waals surface area contributed by atoms with Gasteiger partial charge in [0.15, 0.2) is 5.78 Å². The van der Waals surface area contributed by atoms with Crippen LogP contribution in [0.1, 0.15) is 34.6 Å². The summed E-state index contributed by atoms with van der Waals surface area (Å²) in [6, 6.07) is 6.50. The topological polar surface area (TPSA) is 72.2 Å². The molecule has 0 fully saturated rings. The number of nitrogens with two attached hydrogens (primary N) is 1. The van der Waals surface area contributed by atoms with E-state index in [0.717, 1.165) is 0 Å². The van der Waals surface area contributed by atoms with Crippen molar-refractivity contribution >= 4 is 24.1 Å². The molecule has 1 aromatic rings. The predicted octanol–water partition coefficient (Wildman–Crippen LogP) is 1.39. The van der Waals surface area contributed by atoms with Crippen LogP contribution in [0, 0.1) is 0 Å². The molecule has 0 bridgehead atoms. The molecule has 0 radical (unpaired) electrons. The van der Waals surface area contributed by atoms with Crippen LogP contribution in [0.4, 0.5) is 0 Å². The molecule has 1 aromatic carbocycles. The molecule has 0 spiro atoms. The summed E-state index contributed by atoms with van der Waals surface area (Å²) in [7, 11) is 0. The molecule has 1 atom stereocenters. The van der Waals surface area contributed by atoms with Gasteiger partial charge in [0, 0.05) is 23.7 Å². The summed E-state index contributed by atoms with van der Waals surface area (Å²) in [5.41, 5.74) is 6.54. The van der Waals surface area contributed by atoms with Gasteiger partial charge in [0.2, 0.25) is 0 Å². The van der Waals surface area contributed by atoms with Crippen molar-refractivity contribution in [2.75, 3.05) is 6.54 Å². The van der Waals surface area contributed by atoms with Gasteiger partial charge in [0.05, 0.1) is 0 Å². The minimum Gasteiger partial charge on any atom is -0.348 e. The first kappa shape index (κ1) is 15.6. The van der Waals surface area contributed by atoms with E-state index in [4.69, 9.17) is 5.73 Å². The summed E-state index contributed by atoms with van der Waals surface area (Å²) in [5.74, 6) is -0.185. The zero-order valence-electron chi connectivity index (χ0n) is 9.90. The Labute approximate surface area is 107 Å². The number of carbonyl (C=O) groups is 2. The number of ketones is 1. The third-order valence-electron chi connectivity index (χ3n) is 2.28. The monoisotopic (exact) mass is 256 g/mol. The first-order valence-electron chi connectivity index (χ1n) is 5.16. The van der Waals surface area contributed by atoms with Crippen molar-refractivity contribution in [3.8, 4) is 0 Å². The van der Waals surface area contributed by atoms with E-state index in [2.05, 4.69) is 5.32 Å². The van der Waals surface area contributed by atoms with E-state index in [1.807, 2.05) is 6.92 Å². The average molecular weight is 257 g/mol. The van der Waals surface area contributed by atoms with E-state index in [0.29, 0.717) is 17.7 Å². The van der Waals surface area contributed by atoms with Gasteiger partial charge < -0.3 is 11.1 Å². The van der Waals surface area contributed by atoms with Gasteiger partial charge in [0.1, 0.15) is 0 Å². The second-order valence-electron chi connectivity index (χ2n) is 3.74. The van der Waals surface area contributed by atoms with E-state index in [9.17, 15) is 9.59 Å². The molecule has 0 aliphatic carbocycles.